The van der Waals surface area contributed by atoms with E-state index >= 15 is 0 Å². The van der Waals surface area contributed by atoms with Crippen molar-refractivity contribution in [2.75, 3.05) is 47.2 Å². The molecule has 1 atom stereocenters. The summed E-state index contributed by atoms with van der Waals surface area (Å²) in [5, 5.41) is 2.03. The lowest BCUT2D eigenvalue weighted by Gasteiger charge is -2.38. The van der Waals surface area contributed by atoms with Gasteiger partial charge >= 0.3 is 0 Å². The lowest BCUT2D eigenvalue weighted by atomic mass is 10.1. The van der Waals surface area contributed by atoms with Gasteiger partial charge in [-0.25, -0.2) is 13.4 Å². The highest BCUT2D eigenvalue weighted by Gasteiger charge is 2.38. The van der Waals surface area contributed by atoms with E-state index in [1.54, 1.807) is 28.6 Å². The summed E-state index contributed by atoms with van der Waals surface area (Å²) in [4.78, 5) is 23.8. The predicted octanol–water partition coefficient (Wildman–Crippen LogP) is 3.73. The largest absolute Gasteiger partial charge is 0.369 e. The molecule has 0 unspecified atom stereocenters. The Kier molecular flexibility index (Phi) is 6.52. The molecule has 1 amide bonds. The third-order valence-corrected chi connectivity index (χ3v) is 9.07. The fourth-order valence-corrected chi connectivity index (χ4v) is 6.52. The zero-order valence-electron chi connectivity index (χ0n) is 19.8. The van der Waals surface area contributed by atoms with E-state index in [2.05, 4.69) is 51.6 Å². The lowest BCUT2D eigenvalue weighted by molar-refractivity contribution is -0.121. The monoisotopic (exact) mass is 513 g/mol. The Bertz CT molecular complexity index is 1310. The third-order valence-electron chi connectivity index (χ3n) is 6.90. The first kappa shape index (κ1) is 23.8. The van der Waals surface area contributed by atoms with Crippen LogP contribution in [0.3, 0.4) is 0 Å². The number of rotatable bonds is 6. The number of sulfonamides is 1. The summed E-state index contributed by atoms with van der Waals surface area (Å²) in [6, 6.07) is 12.9. The number of hydrogen-bond acceptors (Lipinski definition) is 7. The molecule has 1 aromatic heterocycles. The van der Waals surface area contributed by atoms with Gasteiger partial charge in [0.15, 0.2) is 5.13 Å². The van der Waals surface area contributed by atoms with Gasteiger partial charge in [-0.3, -0.25) is 14.4 Å². The Hall–Kier alpha value is -2.95. The molecule has 35 heavy (non-hydrogen) atoms. The van der Waals surface area contributed by atoms with Gasteiger partial charge in [0.25, 0.3) is 10.0 Å². The van der Waals surface area contributed by atoms with Gasteiger partial charge in [-0.15, -0.1) is 11.3 Å². The van der Waals surface area contributed by atoms with Crippen LogP contribution >= 0.6 is 11.3 Å². The van der Waals surface area contributed by atoms with Crippen molar-refractivity contribution >= 4 is 43.8 Å². The fourth-order valence-electron chi connectivity index (χ4n) is 4.73. The van der Waals surface area contributed by atoms with E-state index in [0.29, 0.717) is 11.7 Å². The van der Waals surface area contributed by atoms with E-state index in [-0.39, 0.29) is 18.3 Å². The number of nitrogens with zero attached hydrogens (tertiary/aromatic N) is 4. The maximum absolute atomic E-state index is 13.3. The van der Waals surface area contributed by atoms with Crippen molar-refractivity contribution in [2.45, 2.75) is 31.2 Å². The van der Waals surface area contributed by atoms with Crippen LogP contribution in [-0.4, -0.2) is 63.0 Å². The first-order valence-electron chi connectivity index (χ1n) is 11.7. The topological polar surface area (TPSA) is 85.8 Å². The fraction of sp³-hybridized carbons (Fsp3) is 0.360. The normalized spacial score (nSPS) is 19.4. The minimum Gasteiger partial charge on any atom is -0.369 e. The molecule has 2 aliphatic heterocycles. The van der Waals surface area contributed by atoms with Crippen molar-refractivity contribution < 1.29 is 14.6 Å². The summed E-state index contributed by atoms with van der Waals surface area (Å²) in [5.74, 6) is 0.0844. The van der Waals surface area contributed by atoms with E-state index in [0.717, 1.165) is 38.3 Å². The van der Waals surface area contributed by atoms with Crippen LogP contribution in [0.1, 0.15) is 19.0 Å². The zero-order chi connectivity index (χ0) is 24.6. The van der Waals surface area contributed by atoms with Crippen molar-refractivity contribution in [1.82, 2.24) is 9.88 Å². The number of aryl methyl sites for hydroxylation is 2. The molecular weight excluding hydrogens is 482 g/mol. The second-order valence-electron chi connectivity index (χ2n) is 9.02. The number of carbonyl (C=O) groups is 1. The summed E-state index contributed by atoms with van der Waals surface area (Å²) in [6.07, 6.45) is 2.32. The highest BCUT2D eigenvalue weighted by Crippen LogP contribution is 2.28. The molecular formula is C25H31N5O3S2. The Labute approximate surface area is 211 Å². The molecule has 3 aromatic rings. The van der Waals surface area contributed by atoms with E-state index in [9.17, 15) is 13.2 Å². The van der Waals surface area contributed by atoms with Gasteiger partial charge in [0.2, 0.25) is 5.91 Å². The van der Waals surface area contributed by atoms with Crippen LogP contribution in [0.5, 0.6) is 0 Å². The standard InChI is InChI=1S/C25H29N5O3S2.H2/c1-18-3-4-21(17-19(18)2)28-12-14-29(15-13-28)23-9-11-30(24(23)31)20-5-7-22(8-6-20)35(32,33)27-25-26-10-16-34-25;/h3-8,10,16-17,23H,9,11-15H2,1-2H3,(H,26,27);1H/t23-;/m0./s1. The maximum atomic E-state index is 13.3. The van der Waals surface area contributed by atoms with Crippen LogP contribution in [0.15, 0.2) is 58.9 Å². The smallest absolute Gasteiger partial charge is 0.263 e. The number of carbonyl (C=O) groups excluding carboxylic acids is 1. The van der Waals surface area contributed by atoms with Gasteiger partial charge in [0, 0.05) is 57.1 Å². The molecule has 2 saturated heterocycles. The second-order valence-corrected chi connectivity index (χ2v) is 11.6. The predicted molar refractivity (Wildman–Crippen MR) is 142 cm³/mol. The number of benzene rings is 2. The number of piperazine rings is 1. The second kappa shape index (κ2) is 9.60. The number of hydrogen-bond donors (Lipinski definition) is 1. The highest BCUT2D eigenvalue weighted by atomic mass is 32.2. The molecule has 2 aliphatic rings. The summed E-state index contributed by atoms with van der Waals surface area (Å²) < 4.78 is 27.6. The zero-order valence-corrected chi connectivity index (χ0v) is 21.5. The third kappa shape index (κ3) is 4.91. The van der Waals surface area contributed by atoms with Gasteiger partial charge < -0.3 is 9.80 Å². The summed E-state index contributed by atoms with van der Waals surface area (Å²) >= 11 is 1.22. The molecule has 0 radical (unpaired) electrons. The molecule has 5 rings (SSSR count). The lowest BCUT2D eigenvalue weighted by Crippen LogP contribution is -2.52. The highest BCUT2D eigenvalue weighted by molar-refractivity contribution is 7.93. The molecule has 1 N–H and O–H groups in total. The Morgan fingerprint density at radius 1 is 0.971 bits per heavy atom. The molecule has 8 nitrogen and oxygen atoms in total. The first-order valence-corrected chi connectivity index (χ1v) is 14.1. The number of anilines is 3. The minimum atomic E-state index is -3.72. The van der Waals surface area contributed by atoms with Gasteiger partial charge in [-0.1, -0.05) is 6.07 Å². The van der Waals surface area contributed by atoms with Crippen LogP contribution in [0, 0.1) is 13.8 Å². The summed E-state index contributed by atoms with van der Waals surface area (Å²) in [6.45, 7) is 8.37. The molecule has 0 spiro atoms. The van der Waals surface area contributed by atoms with Crippen molar-refractivity contribution in [3.8, 4) is 0 Å². The average Bonchev–Trinajstić information content (AvgIpc) is 3.50. The van der Waals surface area contributed by atoms with Crippen LogP contribution in [0.25, 0.3) is 0 Å². The molecule has 3 heterocycles. The molecule has 0 aliphatic carbocycles. The molecule has 186 valence electrons. The van der Waals surface area contributed by atoms with Crippen LogP contribution in [0.4, 0.5) is 16.5 Å². The number of nitrogens with one attached hydrogen (secondary N) is 1. The van der Waals surface area contributed by atoms with Gasteiger partial charge in [-0.05, 0) is 67.8 Å². The van der Waals surface area contributed by atoms with E-state index < -0.39 is 10.0 Å². The Balaban J connectivity index is 0.00000304. The molecule has 10 heteroatoms. The van der Waals surface area contributed by atoms with Gasteiger partial charge in [-0.2, -0.15) is 0 Å². The maximum Gasteiger partial charge on any atom is 0.263 e. The quantitative estimate of drug-likeness (QED) is 0.541. The number of thiazole rings is 1. The Morgan fingerprint density at radius 3 is 2.34 bits per heavy atom. The van der Waals surface area contributed by atoms with E-state index in [4.69, 9.17) is 0 Å². The number of aromatic nitrogens is 1. The Morgan fingerprint density at radius 2 is 1.69 bits per heavy atom. The molecule has 2 fully saturated rings. The van der Waals surface area contributed by atoms with Gasteiger partial charge in [0.05, 0.1) is 10.9 Å². The van der Waals surface area contributed by atoms with E-state index in [1.165, 1.54) is 40.3 Å². The number of amides is 1. The molecule has 0 bridgehead atoms. The molecule has 0 saturated carbocycles. The first-order chi connectivity index (χ1) is 16.8. The summed E-state index contributed by atoms with van der Waals surface area (Å²) in [7, 11) is -3.72. The van der Waals surface area contributed by atoms with Crippen molar-refractivity contribution in [3.63, 3.8) is 0 Å². The van der Waals surface area contributed by atoms with Crippen LogP contribution in [0.2, 0.25) is 0 Å². The summed E-state index contributed by atoms with van der Waals surface area (Å²) in [5.41, 5.74) is 4.56. The van der Waals surface area contributed by atoms with Crippen LogP contribution in [-0.2, 0) is 14.8 Å². The van der Waals surface area contributed by atoms with Crippen molar-refractivity contribution in [2.24, 2.45) is 0 Å². The SMILES string of the molecule is Cc1ccc(N2CCN([C@H]3CCN(c4ccc(S(=O)(=O)Nc5nccs5)cc4)C3=O)CC2)cc1C.[HH]. The molecule has 2 aromatic carbocycles. The van der Waals surface area contributed by atoms with Crippen LogP contribution < -0.4 is 14.5 Å². The average molecular weight is 514 g/mol. The van der Waals surface area contributed by atoms with E-state index in [1.807, 2.05) is 0 Å². The van der Waals surface area contributed by atoms with Crippen molar-refractivity contribution in [1.29, 1.82) is 0 Å². The van der Waals surface area contributed by atoms with Crippen molar-refractivity contribution in [3.05, 3.63) is 65.2 Å². The minimum absolute atomic E-state index is 0. The van der Waals surface area contributed by atoms with Gasteiger partial charge in [0.1, 0.15) is 0 Å².